The van der Waals surface area contributed by atoms with Crippen molar-refractivity contribution in [3.05, 3.63) is 130 Å². The van der Waals surface area contributed by atoms with Crippen molar-refractivity contribution < 1.29 is 19.4 Å². The van der Waals surface area contributed by atoms with Crippen LogP contribution >= 0.6 is 15.9 Å². The number of carbonyl (C=O) groups is 2. The number of carboxylic acid groups (broad SMARTS) is 1. The Hall–Kier alpha value is -4.69. The molecular weight excluding hydrogens is 570 g/mol. The predicted octanol–water partition coefficient (Wildman–Crippen LogP) is 6.97. The van der Waals surface area contributed by atoms with Gasteiger partial charge in [0.2, 0.25) is 0 Å². The number of carbonyl (C=O) groups excluding carboxylic acids is 1. The van der Waals surface area contributed by atoms with Crippen LogP contribution in [0.15, 0.2) is 114 Å². The van der Waals surface area contributed by atoms with Gasteiger partial charge in [0.05, 0.1) is 11.4 Å². The third-order valence-electron chi connectivity index (χ3n) is 7.04. The summed E-state index contributed by atoms with van der Waals surface area (Å²) in [6, 6.07) is 31.5. The molecule has 6 rings (SSSR count). The quantitative estimate of drug-likeness (QED) is 0.212. The first-order valence-electron chi connectivity index (χ1n) is 12.7. The van der Waals surface area contributed by atoms with Crippen molar-refractivity contribution in [2.45, 2.75) is 12.0 Å². The number of ether oxygens (including phenoxy) is 1. The molecule has 1 aliphatic rings. The monoisotopic (exact) mass is 593 g/mol. The molecular formula is C32H24BrN3O4. The van der Waals surface area contributed by atoms with Crippen LogP contribution < -0.4 is 5.32 Å². The summed E-state index contributed by atoms with van der Waals surface area (Å²) in [6.45, 7) is 0.0784. The Morgan fingerprint density at radius 1 is 0.875 bits per heavy atom. The van der Waals surface area contributed by atoms with Crippen LogP contribution in [0, 0.1) is 0 Å². The van der Waals surface area contributed by atoms with E-state index in [0.29, 0.717) is 16.8 Å². The zero-order valence-corrected chi connectivity index (χ0v) is 22.8. The van der Waals surface area contributed by atoms with Crippen LogP contribution in [-0.2, 0) is 9.53 Å². The minimum atomic E-state index is -1.38. The fourth-order valence-electron chi connectivity index (χ4n) is 5.17. The maximum absolute atomic E-state index is 13.1. The molecule has 0 bridgehead atoms. The van der Waals surface area contributed by atoms with Gasteiger partial charge < -0.3 is 15.2 Å². The summed E-state index contributed by atoms with van der Waals surface area (Å²) in [4.78, 5) is 25.5. The van der Waals surface area contributed by atoms with Crippen LogP contribution in [0.2, 0.25) is 0 Å². The SMILES string of the molecule is O=C(NC(C(=O)O)c1cn(-c2ccccc2)nc1-c1ccc(Br)cc1)OCC1c2ccccc2-c2ccccc21. The van der Waals surface area contributed by atoms with Crippen molar-refractivity contribution in [1.29, 1.82) is 0 Å². The van der Waals surface area contributed by atoms with Crippen molar-refractivity contribution in [1.82, 2.24) is 15.1 Å². The Morgan fingerprint density at radius 2 is 1.48 bits per heavy atom. The molecule has 0 saturated carbocycles. The molecule has 8 heteroatoms. The summed E-state index contributed by atoms with van der Waals surface area (Å²) in [5.74, 6) is -1.36. The number of alkyl carbamates (subject to hydrolysis) is 1. The van der Waals surface area contributed by atoms with Gasteiger partial charge in [-0.2, -0.15) is 5.10 Å². The fraction of sp³-hybridized carbons (Fsp3) is 0.0938. The van der Waals surface area contributed by atoms with Gasteiger partial charge in [0.1, 0.15) is 6.61 Å². The first-order valence-corrected chi connectivity index (χ1v) is 13.5. The molecule has 1 atom stereocenters. The van der Waals surface area contributed by atoms with Gasteiger partial charge >= 0.3 is 12.1 Å². The number of nitrogens with zero attached hydrogens (tertiary/aromatic N) is 2. The Balaban J connectivity index is 1.27. The molecule has 4 aromatic carbocycles. The highest BCUT2D eigenvalue weighted by atomic mass is 79.9. The summed E-state index contributed by atoms with van der Waals surface area (Å²) in [6.07, 6.45) is 0.818. The van der Waals surface area contributed by atoms with Crippen molar-refractivity contribution in [2.75, 3.05) is 6.61 Å². The Morgan fingerprint density at radius 3 is 2.10 bits per heavy atom. The highest BCUT2D eigenvalue weighted by Gasteiger charge is 2.32. The number of nitrogens with one attached hydrogen (secondary N) is 1. The van der Waals surface area contributed by atoms with Crippen molar-refractivity contribution in [2.24, 2.45) is 0 Å². The average molecular weight is 594 g/mol. The standard InChI is InChI=1S/C32H24BrN3O4/c33-21-16-14-20(15-17-21)29-27(18-36(35-29)22-8-2-1-3-9-22)30(31(37)38)34-32(39)40-19-28-25-12-6-4-10-23(25)24-11-5-7-13-26(24)28/h1-18,28,30H,19H2,(H,34,39)(H,37,38). The van der Waals surface area contributed by atoms with Crippen molar-refractivity contribution in [3.8, 4) is 28.1 Å². The first kappa shape index (κ1) is 25.6. The van der Waals surface area contributed by atoms with Gasteiger partial charge in [-0.15, -0.1) is 0 Å². The minimum Gasteiger partial charge on any atom is -0.479 e. The summed E-state index contributed by atoms with van der Waals surface area (Å²) in [7, 11) is 0. The number of amides is 1. The predicted molar refractivity (Wildman–Crippen MR) is 155 cm³/mol. The number of halogens is 1. The second-order valence-electron chi connectivity index (χ2n) is 9.46. The van der Waals surface area contributed by atoms with Gasteiger partial charge in [0, 0.05) is 27.7 Å². The molecule has 0 radical (unpaired) electrons. The molecule has 7 nitrogen and oxygen atoms in total. The summed E-state index contributed by atoms with van der Waals surface area (Å²) in [5.41, 5.74) is 6.65. The van der Waals surface area contributed by atoms with Crippen LogP contribution in [0.3, 0.4) is 0 Å². The number of hydrogen-bond donors (Lipinski definition) is 2. The number of fused-ring (bicyclic) bond motifs is 3. The highest BCUT2D eigenvalue weighted by molar-refractivity contribution is 9.10. The molecule has 5 aromatic rings. The summed E-state index contributed by atoms with van der Waals surface area (Å²) in [5, 5.41) is 17.5. The van der Waals surface area contributed by atoms with Crippen LogP contribution in [0.25, 0.3) is 28.1 Å². The zero-order chi connectivity index (χ0) is 27.6. The Kier molecular flexibility index (Phi) is 6.92. The van der Waals surface area contributed by atoms with E-state index < -0.39 is 18.1 Å². The number of carboxylic acids is 1. The van der Waals surface area contributed by atoms with E-state index in [9.17, 15) is 14.7 Å². The maximum atomic E-state index is 13.1. The van der Waals surface area contributed by atoms with Crippen molar-refractivity contribution >= 4 is 28.0 Å². The number of aliphatic carboxylic acids is 1. The lowest BCUT2D eigenvalue weighted by atomic mass is 9.98. The Labute approximate surface area is 239 Å². The molecule has 40 heavy (non-hydrogen) atoms. The van der Waals surface area contributed by atoms with Gasteiger partial charge in [-0.25, -0.2) is 14.3 Å². The molecule has 1 unspecified atom stereocenters. The molecule has 2 N–H and O–H groups in total. The lowest BCUT2D eigenvalue weighted by Crippen LogP contribution is -2.35. The van der Waals surface area contributed by atoms with Gasteiger partial charge in [0.25, 0.3) is 0 Å². The van der Waals surface area contributed by atoms with E-state index >= 15 is 0 Å². The smallest absolute Gasteiger partial charge is 0.408 e. The average Bonchev–Trinajstić information content (AvgIpc) is 3.56. The third kappa shape index (κ3) is 4.89. The van der Waals surface area contributed by atoms with Gasteiger partial charge in [-0.3, -0.25) is 0 Å². The topological polar surface area (TPSA) is 93.5 Å². The second kappa shape index (κ2) is 10.8. The van der Waals surface area contributed by atoms with Gasteiger partial charge in [-0.05, 0) is 46.5 Å². The number of benzene rings is 4. The van der Waals surface area contributed by atoms with Crippen LogP contribution in [0.1, 0.15) is 28.7 Å². The number of hydrogen-bond acceptors (Lipinski definition) is 4. The molecule has 0 saturated heterocycles. The Bertz CT molecular complexity index is 1650. The first-order chi connectivity index (χ1) is 19.5. The van der Waals surface area contributed by atoms with Gasteiger partial charge in [-0.1, -0.05) is 94.8 Å². The lowest BCUT2D eigenvalue weighted by Gasteiger charge is -2.17. The molecule has 1 heterocycles. The van der Waals surface area contributed by atoms with Crippen LogP contribution in [-0.4, -0.2) is 33.6 Å². The van der Waals surface area contributed by atoms with E-state index in [1.165, 1.54) is 0 Å². The normalized spacial score (nSPS) is 12.8. The third-order valence-corrected chi connectivity index (χ3v) is 7.57. The molecule has 1 aliphatic carbocycles. The molecule has 0 spiro atoms. The number of aromatic nitrogens is 2. The molecule has 198 valence electrons. The van der Waals surface area contributed by atoms with E-state index in [0.717, 1.165) is 32.4 Å². The largest absolute Gasteiger partial charge is 0.479 e. The number of para-hydroxylation sites is 1. The maximum Gasteiger partial charge on any atom is 0.408 e. The number of rotatable bonds is 7. The molecule has 1 amide bonds. The molecule has 1 aromatic heterocycles. The van der Waals surface area contributed by atoms with E-state index in [1.807, 2.05) is 91.0 Å². The van der Waals surface area contributed by atoms with Crippen LogP contribution in [0.4, 0.5) is 4.79 Å². The van der Waals surface area contributed by atoms with Crippen molar-refractivity contribution in [3.63, 3.8) is 0 Å². The zero-order valence-electron chi connectivity index (χ0n) is 21.2. The molecule has 0 fully saturated rings. The fourth-order valence-corrected chi connectivity index (χ4v) is 5.44. The second-order valence-corrected chi connectivity index (χ2v) is 10.4. The van der Waals surface area contributed by atoms with E-state index in [4.69, 9.17) is 9.84 Å². The van der Waals surface area contributed by atoms with E-state index in [1.54, 1.807) is 10.9 Å². The summed E-state index contributed by atoms with van der Waals surface area (Å²) < 4.78 is 8.14. The summed E-state index contributed by atoms with van der Waals surface area (Å²) >= 11 is 3.44. The molecule has 0 aliphatic heterocycles. The van der Waals surface area contributed by atoms with E-state index in [2.05, 4.69) is 33.4 Å². The lowest BCUT2D eigenvalue weighted by molar-refractivity contribution is -0.139. The minimum absolute atomic E-state index is 0.0784. The van der Waals surface area contributed by atoms with Gasteiger partial charge in [0.15, 0.2) is 6.04 Å². The highest BCUT2D eigenvalue weighted by Crippen LogP contribution is 2.44. The van der Waals surface area contributed by atoms with Crippen LogP contribution in [0.5, 0.6) is 0 Å². The van der Waals surface area contributed by atoms with E-state index in [-0.39, 0.29) is 12.5 Å².